The van der Waals surface area contributed by atoms with Gasteiger partial charge >= 0.3 is 0 Å². The lowest BCUT2D eigenvalue weighted by molar-refractivity contribution is -0.126. The number of hydrogen-bond donors (Lipinski definition) is 1. The lowest BCUT2D eigenvalue weighted by Gasteiger charge is -2.33. The summed E-state index contributed by atoms with van der Waals surface area (Å²) in [5.74, 6) is -0.443. The number of nitriles is 1. The number of rotatable bonds is 1. The largest absolute Gasteiger partial charge is 0.350 e. The quantitative estimate of drug-likeness (QED) is 0.649. The maximum Gasteiger partial charge on any atom is 0.237 e. The Hall–Kier alpha value is -0.750. The van der Waals surface area contributed by atoms with Crippen molar-refractivity contribution in [3.8, 4) is 6.07 Å². The molecule has 1 N–H and O–H groups in total. The average Bonchev–Trinajstić information content (AvgIpc) is 2.07. The Balaban J connectivity index is 2.68. The first kappa shape index (κ1) is 10.3. The molecular weight excluding hydrogens is 188 g/mol. The number of nitrogens with one attached hydrogen (secondary N) is 1. The molecule has 1 aliphatic heterocycles. The van der Waals surface area contributed by atoms with E-state index < -0.39 is 5.92 Å². The molecule has 0 aromatic rings. The van der Waals surface area contributed by atoms with Crippen molar-refractivity contribution >= 4 is 17.5 Å². The van der Waals surface area contributed by atoms with Gasteiger partial charge in [0.2, 0.25) is 5.91 Å². The normalized spacial score (nSPS) is 34.1. The average molecular weight is 201 g/mol. The van der Waals surface area contributed by atoms with E-state index in [9.17, 15) is 4.79 Å². The predicted molar refractivity (Wildman–Crippen MR) is 50.1 cm³/mol. The van der Waals surface area contributed by atoms with Gasteiger partial charge in [0.1, 0.15) is 5.92 Å². The molecule has 4 heteroatoms. The third-order valence-electron chi connectivity index (χ3n) is 2.35. The van der Waals surface area contributed by atoms with E-state index in [-0.39, 0.29) is 17.3 Å². The predicted octanol–water partition coefficient (Wildman–Crippen LogP) is 1.28. The number of alkyl halides is 1. The highest BCUT2D eigenvalue weighted by molar-refractivity contribution is 6.21. The molecule has 0 aromatic heterocycles. The lowest BCUT2D eigenvalue weighted by atomic mass is 9.89. The zero-order valence-electron chi connectivity index (χ0n) is 7.75. The number of carbonyl (C=O) groups excluding carboxylic acids is 1. The molecule has 1 heterocycles. The van der Waals surface area contributed by atoms with Crippen LogP contribution in [0, 0.1) is 23.2 Å². The third-order valence-corrected chi connectivity index (χ3v) is 2.80. The van der Waals surface area contributed by atoms with E-state index >= 15 is 0 Å². The fourth-order valence-corrected chi connectivity index (χ4v) is 2.06. The second-order valence-electron chi connectivity index (χ2n) is 3.71. The molecule has 1 amide bonds. The van der Waals surface area contributed by atoms with Crippen molar-refractivity contribution in [2.45, 2.75) is 31.7 Å². The smallest absolute Gasteiger partial charge is 0.237 e. The monoisotopic (exact) mass is 200 g/mol. The molecule has 0 aromatic carbocycles. The molecule has 0 bridgehead atoms. The number of amides is 1. The van der Waals surface area contributed by atoms with Crippen molar-refractivity contribution in [2.75, 3.05) is 0 Å². The van der Waals surface area contributed by atoms with Crippen LogP contribution in [0.1, 0.15) is 20.3 Å². The number of carbonyl (C=O) groups is 1. The summed E-state index contributed by atoms with van der Waals surface area (Å²) < 4.78 is 0. The van der Waals surface area contributed by atoms with Gasteiger partial charge in [0.25, 0.3) is 0 Å². The summed E-state index contributed by atoms with van der Waals surface area (Å²) in [6, 6.07) is 1.95. The maximum absolute atomic E-state index is 11.3. The molecule has 1 aliphatic rings. The van der Waals surface area contributed by atoms with Crippen LogP contribution in [-0.4, -0.2) is 17.3 Å². The number of nitrogens with zero attached hydrogens (tertiary/aromatic N) is 1. The van der Waals surface area contributed by atoms with Crippen molar-refractivity contribution in [1.82, 2.24) is 5.32 Å². The molecule has 3 atom stereocenters. The first-order chi connectivity index (χ1) is 6.06. The first-order valence-electron chi connectivity index (χ1n) is 4.40. The van der Waals surface area contributed by atoms with E-state index in [0.717, 1.165) is 0 Å². The summed E-state index contributed by atoms with van der Waals surface area (Å²) in [5, 5.41) is 11.3. The molecule has 0 saturated carbocycles. The molecule has 3 nitrogen and oxygen atoms in total. The molecule has 13 heavy (non-hydrogen) atoms. The summed E-state index contributed by atoms with van der Waals surface area (Å²) in [6.07, 6.45) is 0.465. The van der Waals surface area contributed by atoms with E-state index in [0.29, 0.717) is 12.3 Å². The minimum absolute atomic E-state index is 0.00114. The van der Waals surface area contributed by atoms with Crippen LogP contribution in [0.15, 0.2) is 0 Å². The molecule has 72 valence electrons. The Labute approximate surface area is 83.1 Å². The van der Waals surface area contributed by atoms with Gasteiger partial charge in [-0.2, -0.15) is 5.26 Å². The van der Waals surface area contributed by atoms with Crippen LogP contribution in [0.5, 0.6) is 0 Å². The summed E-state index contributed by atoms with van der Waals surface area (Å²) in [5.41, 5.74) is 0. The van der Waals surface area contributed by atoms with Crippen LogP contribution in [0.3, 0.4) is 0 Å². The number of hydrogen-bond acceptors (Lipinski definition) is 2. The first-order valence-corrected chi connectivity index (χ1v) is 4.84. The highest BCUT2D eigenvalue weighted by Crippen LogP contribution is 2.24. The molecule has 3 unspecified atom stereocenters. The SMILES string of the molecule is CC(C)C1NC(=O)C(C#N)CC1Cl. The minimum Gasteiger partial charge on any atom is -0.350 e. The van der Waals surface area contributed by atoms with E-state index in [1.165, 1.54) is 0 Å². The van der Waals surface area contributed by atoms with Gasteiger partial charge in [-0.15, -0.1) is 11.6 Å². The number of piperidine rings is 1. The highest BCUT2D eigenvalue weighted by Gasteiger charge is 2.35. The Morgan fingerprint density at radius 2 is 2.31 bits per heavy atom. The molecule has 0 spiro atoms. The Bertz CT molecular complexity index is 246. The van der Waals surface area contributed by atoms with Crippen molar-refractivity contribution in [1.29, 1.82) is 5.26 Å². The van der Waals surface area contributed by atoms with Crippen molar-refractivity contribution in [3.63, 3.8) is 0 Å². The van der Waals surface area contributed by atoms with E-state index in [1.54, 1.807) is 0 Å². The van der Waals surface area contributed by atoms with Crippen LogP contribution in [0.25, 0.3) is 0 Å². The molecule has 1 saturated heterocycles. The summed E-state index contributed by atoms with van der Waals surface area (Å²) in [4.78, 5) is 11.3. The van der Waals surface area contributed by atoms with E-state index in [4.69, 9.17) is 16.9 Å². The maximum atomic E-state index is 11.3. The van der Waals surface area contributed by atoms with E-state index in [1.807, 2.05) is 19.9 Å². The topological polar surface area (TPSA) is 52.9 Å². The van der Waals surface area contributed by atoms with Gasteiger partial charge in [-0.05, 0) is 12.3 Å². The van der Waals surface area contributed by atoms with Crippen molar-refractivity contribution < 1.29 is 4.79 Å². The van der Waals surface area contributed by atoms with Gasteiger partial charge in [0.15, 0.2) is 0 Å². The van der Waals surface area contributed by atoms with Crippen molar-refractivity contribution in [3.05, 3.63) is 0 Å². The summed E-state index contributed by atoms with van der Waals surface area (Å²) in [6.45, 7) is 4.01. The minimum atomic E-state index is -0.572. The molecule has 0 aliphatic carbocycles. The highest BCUT2D eigenvalue weighted by atomic mass is 35.5. The fourth-order valence-electron chi connectivity index (χ4n) is 1.53. The molecule has 1 fully saturated rings. The van der Waals surface area contributed by atoms with Crippen LogP contribution >= 0.6 is 11.6 Å². The molecule has 1 rings (SSSR count). The van der Waals surface area contributed by atoms with Crippen molar-refractivity contribution in [2.24, 2.45) is 11.8 Å². The molecular formula is C9H13ClN2O. The zero-order valence-corrected chi connectivity index (χ0v) is 8.51. The van der Waals surface area contributed by atoms with Crippen LogP contribution in [0.4, 0.5) is 0 Å². The van der Waals surface area contributed by atoms with Gasteiger partial charge in [-0.25, -0.2) is 0 Å². The van der Waals surface area contributed by atoms with Gasteiger partial charge in [-0.1, -0.05) is 13.8 Å². The lowest BCUT2D eigenvalue weighted by Crippen LogP contribution is -2.52. The van der Waals surface area contributed by atoms with E-state index in [2.05, 4.69) is 5.32 Å². The van der Waals surface area contributed by atoms with Crippen LogP contribution in [0.2, 0.25) is 0 Å². The fraction of sp³-hybridized carbons (Fsp3) is 0.778. The Morgan fingerprint density at radius 1 is 1.69 bits per heavy atom. The molecule has 0 radical (unpaired) electrons. The Morgan fingerprint density at radius 3 is 2.77 bits per heavy atom. The second kappa shape index (κ2) is 3.97. The zero-order chi connectivity index (χ0) is 10.0. The summed E-state index contributed by atoms with van der Waals surface area (Å²) >= 11 is 6.05. The van der Waals surface area contributed by atoms with Gasteiger partial charge in [-0.3, -0.25) is 4.79 Å². The van der Waals surface area contributed by atoms with Crippen LogP contribution in [-0.2, 0) is 4.79 Å². The van der Waals surface area contributed by atoms with Gasteiger partial charge in [0, 0.05) is 6.04 Å². The number of halogens is 1. The second-order valence-corrected chi connectivity index (χ2v) is 4.27. The third kappa shape index (κ3) is 2.13. The summed E-state index contributed by atoms with van der Waals surface area (Å²) in [7, 11) is 0. The Kier molecular flexibility index (Phi) is 3.16. The van der Waals surface area contributed by atoms with Crippen LogP contribution < -0.4 is 5.32 Å². The van der Waals surface area contributed by atoms with Gasteiger partial charge < -0.3 is 5.32 Å². The van der Waals surface area contributed by atoms with Gasteiger partial charge in [0.05, 0.1) is 11.4 Å². The standard InChI is InChI=1S/C9H13ClN2O/c1-5(2)8-7(10)3-6(4-11)9(13)12-8/h5-8H,3H2,1-2H3,(H,12,13).